The predicted octanol–water partition coefficient (Wildman–Crippen LogP) is 2.59. The number of hydrogen-bond donors (Lipinski definition) is 2. The number of carboxylic acid groups (broad SMARTS) is 1. The normalized spacial score (nSPS) is 12.6. The Labute approximate surface area is 107 Å². The van der Waals surface area contributed by atoms with Crippen LogP contribution in [0.3, 0.4) is 0 Å². The lowest BCUT2D eigenvalue weighted by atomic mass is 10.0. The van der Waals surface area contributed by atoms with Gasteiger partial charge in [0, 0.05) is 10.9 Å². The number of benzene rings is 2. The number of fused-ring (bicyclic) bond motifs is 1. The van der Waals surface area contributed by atoms with E-state index in [1.54, 1.807) is 0 Å². The Hall–Kier alpha value is -1.39. The van der Waals surface area contributed by atoms with Gasteiger partial charge in [0.1, 0.15) is 0 Å². The SMILES string of the molecule is O=C(O)C(O)Cc1ccc2ccccc2c1Br. The Morgan fingerprint density at radius 1 is 1.24 bits per heavy atom. The van der Waals surface area contributed by atoms with Crippen molar-refractivity contribution in [1.29, 1.82) is 0 Å². The van der Waals surface area contributed by atoms with Gasteiger partial charge in [-0.1, -0.05) is 36.4 Å². The maximum Gasteiger partial charge on any atom is 0.332 e. The summed E-state index contributed by atoms with van der Waals surface area (Å²) in [5.41, 5.74) is 0.790. The van der Waals surface area contributed by atoms with Gasteiger partial charge in [0.15, 0.2) is 6.10 Å². The first-order valence-corrected chi connectivity index (χ1v) is 5.96. The largest absolute Gasteiger partial charge is 0.479 e. The van der Waals surface area contributed by atoms with E-state index in [4.69, 9.17) is 5.11 Å². The molecule has 0 aliphatic rings. The number of aliphatic carboxylic acids is 1. The highest BCUT2D eigenvalue weighted by atomic mass is 79.9. The molecule has 0 saturated carbocycles. The Balaban J connectivity index is 2.42. The van der Waals surface area contributed by atoms with Crippen LogP contribution in [0.4, 0.5) is 0 Å². The third-order valence-electron chi connectivity index (χ3n) is 2.64. The first kappa shape index (κ1) is 12.1. The van der Waals surface area contributed by atoms with E-state index in [1.807, 2.05) is 36.4 Å². The fourth-order valence-electron chi connectivity index (χ4n) is 1.73. The average molecular weight is 295 g/mol. The van der Waals surface area contributed by atoms with Gasteiger partial charge in [-0.25, -0.2) is 4.79 Å². The summed E-state index contributed by atoms with van der Waals surface area (Å²) in [4.78, 5) is 10.6. The zero-order valence-corrected chi connectivity index (χ0v) is 10.5. The summed E-state index contributed by atoms with van der Waals surface area (Å²) in [5.74, 6) is -1.20. The van der Waals surface area contributed by atoms with Gasteiger partial charge < -0.3 is 10.2 Å². The summed E-state index contributed by atoms with van der Waals surface area (Å²) >= 11 is 3.46. The number of carbonyl (C=O) groups is 1. The van der Waals surface area contributed by atoms with Crippen LogP contribution in [0.25, 0.3) is 10.8 Å². The van der Waals surface area contributed by atoms with Crippen molar-refractivity contribution in [2.45, 2.75) is 12.5 Å². The van der Waals surface area contributed by atoms with E-state index >= 15 is 0 Å². The van der Waals surface area contributed by atoms with Crippen molar-refractivity contribution in [2.24, 2.45) is 0 Å². The lowest BCUT2D eigenvalue weighted by Crippen LogP contribution is -2.22. The summed E-state index contributed by atoms with van der Waals surface area (Å²) in [6, 6.07) is 11.6. The van der Waals surface area contributed by atoms with Crippen LogP contribution in [-0.4, -0.2) is 22.3 Å². The molecule has 2 rings (SSSR count). The lowest BCUT2D eigenvalue weighted by Gasteiger charge is -2.10. The first-order chi connectivity index (χ1) is 8.09. The number of hydrogen-bond acceptors (Lipinski definition) is 2. The van der Waals surface area contributed by atoms with Crippen molar-refractivity contribution in [3.63, 3.8) is 0 Å². The molecule has 2 aromatic rings. The number of aliphatic hydroxyl groups is 1. The Morgan fingerprint density at radius 3 is 2.65 bits per heavy atom. The van der Waals surface area contributed by atoms with Crippen LogP contribution in [-0.2, 0) is 11.2 Å². The van der Waals surface area contributed by atoms with Crippen LogP contribution in [0.15, 0.2) is 40.9 Å². The van der Waals surface area contributed by atoms with Gasteiger partial charge in [0.25, 0.3) is 0 Å². The second kappa shape index (κ2) is 4.85. The van der Waals surface area contributed by atoms with Crippen LogP contribution in [0.2, 0.25) is 0 Å². The summed E-state index contributed by atoms with van der Waals surface area (Å²) in [6.45, 7) is 0. The second-order valence-electron chi connectivity index (χ2n) is 3.82. The molecule has 4 heteroatoms. The molecule has 2 N–H and O–H groups in total. The molecule has 3 nitrogen and oxygen atoms in total. The molecule has 0 heterocycles. The van der Waals surface area contributed by atoms with E-state index in [2.05, 4.69) is 15.9 Å². The van der Waals surface area contributed by atoms with Crippen molar-refractivity contribution in [2.75, 3.05) is 0 Å². The molecule has 0 aliphatic heterocycles. The van der Waals surface area contributed by atoms with E-state index in [-0.39, 0.29) is 6.42 Å². The van der Waals surface area contributed by atoms with E-state index in [0.29, 0.717) is 0 Å². The van der Waals surface area contributed by atoms with Crippen molar-refractivity contribution in [3.8, 4) is 0 Å². The van der Waals surface area contributed by atoms with Crippen molar-refractivity contribution >= 4 is 32.7 Å². The minimum atomic E-state index is -1.37. The highest BCUT2D eigenvalue weighted by Crippen LogP contribution is 2.28. The number of halogens is 1. The highest BCUT2D eigenvalue weighted by Gasteiger charge is 2.16. The molecular weight excluding hydrogens is 284 g/mol. The van der Waals surface area contributed by atoms with Crippen LogP contribution < -0.4 is 0 Å². The lowest BCUT2D eigenvalue weighted by molar-refractivity contribution is -0.146. The van der Waals surface area contributed by atoms with Gasteiger partial charge in [-0.3, -0.25) is 0 Å². The van der Waals surface area contributed by atoms with E-state index < -0.39 is 12.1 Å². The second-order valence-corrected chi connectivity index (χ2v) is 4.61. The number of carboxylic acids is 1. The molecule has 0 fully saturated rings. The van der Waals surface area contributed by atoms with Crippen molar-refractivity contribution < 1.29 is 15.0 Å². The van der Waals surface area contributed by atoms with Crippen molar-refractivity contribution in [1.82, 2.24) is 0 Å². The molecule has 0 radical (unpaired) electrons. The smallest absolute Gasteiger partial charge is 0.332 e. The minimum Gasteiger partial charge on any atom is -0.479 e. The van der Waals surface area contributed by atoms with Gasteiger partial charge in [0.2, 0.25) is 0 Å². The standard InChI is InChI=1S/C13H11BrO3/c14-12-9(7-11(15)13(16)17)6-5-8-3-1-2-4-10(8)12/h1-6,11,15H,7H2,(H,16,17). The molecular formula is C13H11BrO3. The third-order valence-corrected chi connectivity index (χ3v) is 3.58. The van der Waals surface area contributed by atoms with Crippen LogP contribution in [0, 0.1) is 0 Å². The molecule has 0 bridgehead atoms. The summed E-state index contributed by atoms with van der Waals surface area (Å²) in [5, 5.41) is 20.1. The Kier molecular flexibility index (Phi) is 3.45. The molecule has 0 amide bonds. The van der Waals surface area contributed by atoms with Crippen LogP contribution in [0.5, 0.6) is 0 Å². The van der Waals surface area contributed by atoms with Crippen molar-refractivity contribution in [3.05, 3.63) is 46.4 Å². The van der Waals surface area contributed by atoms with Crippen LogP contribution >= 0.6 is 15.9 Å². The molecule has 1 unspecified atom stereocenters. The monoisotopic (exact) mass is 294 g/mol. The summed E-state index contributed by atoms with van der Waals surface area (Å²) in [7, 11) is 0. The van der Waals surface area contributed by atoms with E-state index in [0.717, 1.165) is 20.8 Å². The first-order valence-electron chi connectivity index (χ1n) is 5.16. The topological polar surface area (TPSA) is 57.5 Å². The van der Waals surface area contributed by atoms with Gasteiger partial charge in [-0.2, -0.15) is 0 Å². The van der Waals surface area contributed by atoms with E-state index in [1.165, 1.54) is 0 Å². The fourth-order valence-corrected chi connectivity index (χ4v) is 2.39. The molecule has 1 atom stereocenters. The van der Waals surface area contributed by atoms with Gasteiger partial charge in [-0.15, -0.1) is 0 Å². The zero-order chi connectivity index (χ0) is 12.4. The molecule has 0 aromatic heterocycles. The third kappa shape index (κ3) is 2.48. The Morgan fingerprint density at radius 2 is 1.94 bits per heavy atom. The van der Waals surface area contributed by atoms with Gasteiger partial charge in [0.05, 0.1) is 0 Å². The molecule has 0 saturated heterocycles. The molecule has 0 aliphatic carbocycles. The number of rotatable bonds is 3. The molecule has 17 heavy (non-hydrogen) atoms. The minimum absolute atomic E-state index is 0.0980. The number of aliphatic hydroxyl groups excluding tert-OH is 1. The maximum atomic E-state index is 10.6. The Bertz CT molecular complexity index is 566. The maximum absolute atomic E-state index is 10.6. The van der Waals surface area contributed by atoms with E-state index in [9.17, 15) is 9.90 Å². The average Bonchev–Trinajstić information content (AvgIpc) is 2.33. The summed E-state index contributed by atoms with van der Waals surface area (Å²) in [6.07, 6.45) is -1.27. The molecule has 88 valence electrons. The highest BCUT2D eigenvalue weighted by molar-refractivity contribution is 9.10. The zero-order valence-electron chi connectivity index (χ0n) is 8.93. The molecule has 0 spiro atoms. The molecule has 2 aromatic carbocycles. The van der Waals surface area contributed by atoms with Gasteiger partial charge >= 0.3 is 5.97 Å². The van der Waals surface area contributed by atoms with Crippen LogP contribution in [0.1, 0.15) is 5.56 Å². The predicted molar refractivity (Wildman–Crippen MR) is 69.0 cm³/mol. The quantitative estimate of drug-likeness (QED) is 0.915. The fraction of sp³-hybridized carbons (Fsp3) is 0.154. The van der Waals surface area contributed by atoms with Gasteiger partial charge in [-0.05, 0) is 32.3 Å². The summed E-state index contributed by atoms with van der Waals surface area (Å²) < 4.78 is 0.843.